The van der Waals surface area contributed by atoms with Crippen molar-refractivity contribution in [2.75, 3.05) is 21.2 Å². The van der Waals surface area contributed by atoms with Gasteiger partial charge in [0.05, 0.1) is 47.9 Å². The van der Waals surface area contributed by atoms with E-state index in [4.69, 9.17) is 38.2 Å². The highest BCUT2D eigenvalue weighted by atomic mass is 16.7. The molecule has 4 N–H and O–H groups in total. The number of likely N-dealkylation sites (N-methyl/N-ethyl adjacent to an activating group) is 1. The first kappa shape index (κ1) is 41.3. The largest absolute Gasteiger partial charge is 0.472 e. The van der Waals surface area contributed by atoms with Gasteiger partial charge < -0.3 is 58.5 Å². The number of carbonyl (C=O) groups excluding carboxylic acids is 1. The fourth-order valence-corrected chi connectivity index (χ4v) is 8.25. The Bertz CT molecular complexity index is 1180. The highest BCUT2D eigenvalue weighted by molar-refractivity contribution is 5.81. The summed E-state index contributed by atoms with van der Waals surface area (Å²) in [4.78, 5) is 20.9. The molecule has 14 nitrogen and oxygen atoms in total. The lowest BCUT2D eigenvalue weighted by molar-refractivity contribution is -0.316. The van der Waals surface area contributed by atoms with Gasteiger partial charge in [0.1, 0.15) is 36.1 Å². The van der Waals surface area contributed by atoms with Crippen molar-refractivity contribution in [2.45, 2.75) is 179 Å². The number of carbonyl (C=O) groups is 1. The van der Waals surface area contributed by atoms with Crippen LogP contribution in [0, 0.1) is 17.8 Å². The highest BCUT2D eigenvalue weighted by Crippen LogP contribution is 2.43. The molecule has 0 aliphatic carbocycles. The van der Waals surface area contributed by atoms with Gasteiger partial charge in [-0.2, -0.15) is 0 Å². The Morgan fingerprint density at radius 2 is 1.66 bits per heavy atom. The van der Waals surface area contributed by atoms with Crippen LogP contribution in [0.1, 0.15) is 88.0 Å². The van der Waals surface area contributed by atoms with Crippen LogP contribution in [-0.4, -0.2) is 149 Å². The number of aliphatic hydroxyl groups excluding tert-OH is 4. The van der Waals surface area contributed by atoms with E-state index in [0.717, 1.165) is 0 Å². The average Bonchev–Trinajstić information content (AvgIpc) is 3.06. The van der Waals surface area contributed by atoms with Gasteiger partial charge in [-0.15, -0.1) is 0 Å². The summed E-state index contributed by atoms with van der Waals surface area (Å²) >= 11 is 0. The Kier molecular flexibility index (Phi) is 13.4. The molecule has 3 fully saturated rings. The zero-order valence-corrected chi connectivity index (χ0v) is 32.0. The number of methoxy groups -OCH3 is 1. The molecule has 2 unspecified atom stereocenters. The number of fused-ring (bicyclic) bond motifs is 2. The Morgan fingerprint density at radius 3 is 2.26 bits per heavy atom. The molecule has 0 aromatic rings. The summed E-state index contributed by atoms with van der Waals surface area (Å²) in [6.45, 7) is 16.4. The fourth-order valence-electron chi connectivity index (χ4n) is 8.25. The maximum absolute atomic E-state index is 14.2. The van der Waals surface area contributed by atoms with Gasteiger partial charge in [0.15, 0.2) is 18.5 Å². The van der Waals surface area contributed by atoms with Crippen molar-refractivity contribution in [3.05, 3.63) is 0 Å². The lowest BCUT2D eigenvalue weighted by Gasteiger charge is -2.50. The summed E-state index contributed by atoms with van der Waals surface area (Å²) < 4.78 is 44.6. The zero-order valence-electron chi connectivity index (χ0n) is 32.0. The Labute approximate surface area is 297 Å². The van der Waals surface area contributed by atoms with Crippen molar-refractivity contribution in [3.8, 4) is 0 Å². The van der Waals surface area contributed by atoms with Gasteiger partial charge >= 0.3 is 5.97 Å². The molecule has 0 aromatic carbocycles. The number of hydrogen-bond donors (Lipinski definition) is 4. The molecule has 14 heteroatoms. The second kappa shape index (κ2) is 16.3. The first-order valence-corrected chi connectivity index (χ1v) is 18.3. The number of hydrogen-bond acceptors (Lipinski definition) is 14. The van der Waals surface area contributed by atoms with E-state index in [1.54, 1.807) is 34.6 Å². The van der Waals surface area contributed by atoms with E-state index >= 15 is 0 Å². The predicted molar refractivity (Wildman–Crippen MR) is 183 cm³/mol. The molecule has 0 amide bonds. The summed E-state index contributed by atoms with van der Waals surface area (Å²) in [7, 11) is 5.33. The van der Waals surface area contributed by atoms with Crippen molar-refractivity contribution < 1.29 is 58.4 Å². The van der Waals surface area contributed by atoms with E-state index in [9.17, 15) is 25.2 Å². The minimum absolute atomic E-state index is 0.167. The topological polar surface area (TPSA) is 178 Å². The predicted octanol–water partition coefficient (Wildman–Crippen LogP) is 2.02. The molecule has 290 valence electrons. The first-order chi connectivity index (χ1) is 23.3. The number of aliphatic imine (C=N–C) groups is 1. The van der Waals surface area contributed by atoms with Crippen molar-refractivity contribution in [3.63, 3.8) is 0 Å². The third-order valence-corrected chi connectivity index (χ3v) is 11.5. The van der Waals surface area contributed by atoms with Crippen LogP contribution in [0.15, 0.2) is 4.99 Å². The van der Waals surface area contributed by atoms with Crippen LogP contribution in [0.2, 0.25) is 0 Å². The van der Waals surface area contributed by atoms with Crippen LogP contribution >= 0.6 is 0 Å². The maximum atomic E-state index is 14.2. The van der Waals surface area contributed by atoms with Gasteiger partial charge in [0.2, 0.25) is 0 Å². The van der Waals surface area contributed by atoms with Crippen LogP contribution in [0.5, 0.6) is 0 Å². The number of aliphatic hydroxyl groups is 4. The maximum Gasteiger partial charge on any atom is 0.311 e. The molecule has 50 heavy (non-hydrogen) atoms. The normalized spacial score (nSPS) is 47.4. The molecule has 0 saturated carbocycles. The minimum Gasteiger partial charge on any atom is -0.472 e. The van der Waals surface area contributed by atoms with Crippen LogP contribution in [0.3, 0.4) is 0 Å². The Balaban J connectivity index is 1.83. The van der Waals surface area contributed by atoms with Crippen LogP contribution in [-0.2, 0) is 38.0 Å². The minimum atomic E-state index is -1.42. The number of cyclic esters (lactones) is 1. The first-order valence-electron chi connectivity index (χ1n) is 18.3. The number of nitrogens with zero attached hydrogens (tertiary/aromatic N) is 2. The molecule has 4 aliphatic rings. The number of esters is 1. The molecule has 3 saturated heterocycles. The average molecular weight is 717 g/mol. The standard InChI is InChI=1S/C36H64N2O12/c1-13-24(39)27(41)29-20(5)32-37-17(2)15-36(9,50-32)31(49-34-26(40)23(38(10)11)14-18(3)45-34)19(4)28(21(6)33(43)48-29)47-25-16-35(8,44-12)30(42)22(7)46-25/h17-31,34,39-42H,13-16H2,1-12H3/t17-,18-,19+,20-,21?,22+,23+,24-,25+,26-,27-,28?,29+,30+,31-,34+,35-,36-/m1/s1. The molecule has 4 aliphatic heterocycles. The zero-order chi connectivity index (χ0) is 37.5. The lowest BCUT2D eigenvalue weighted by atomic mass is 9.78. The second-order valence-corrected chi connectivity index (χ2v) is 15.9. The summed E-state index contributed by atoms with van der Waals surface area (Å²) in [5, 5.41) is 44.5. The van der Waals surface area contributed by atoms with E-state index < -0.39 is 96.3 Å². The van der Waals surface area contributed by atoms with E-state index in [1.807, 2.05) is 46.7 Å². The molecule has 0 spiro atoms. The second-order valence-electron chi connectivity index (χ2n) is 15.9. The molecule has 18 atom stereocenters. The van der Waals surface area contributed by atoms with E-state index in [0.29, 0.717) is 12.8 Å². The molecule has 0 radical (unpaired) electrons. The van der Waals surface area contributed by atoms with E-state index in [-0.39, 0.29) is 36.9 Å². The van der Waals surface area contributed by atoms with Gasteiger partial charge in [0.25, 0.3) is 0 Å². The van der Waals surface area contributed by atoms with E-state index in [1.165, 1.54) is 7.11 Å². The molecule has 4 rings (SSSR count). The SMILES string of the molecule is CC[C@@H](O)[C@@H](O)[C@H]1OC(=O)C(C)C(O[C@H]2C[C@@](C)(OC)[C@@H](O)[C@H](C)O2)[C@H](C)[C@@H](O[C@@H]2O[C@H](C)C[C@H](N(C)C)[C@H]2O)[C@@]2(C)C[C@@H](C)N=C(O2)[C@@H]1C. The quantitative estimate of drug-likeness (QED) is 0.255. The lowest BCUT2D eigenvalue weighted by Crippen LogP contribution is -2.61. The Morgan fingerprint density at radius 1 is 1.00 bits per heavy atom. The van der Waals surface area contributed by atoms with Gasteiger partial charge in [-0.3, -0.25) is 9.79 Å². The van der Waals surface area contributed by atoms with Gasteiger partial charge in [-0.1, -0.05) is 20.8 Å². The Hall–Kier alpha value is -1.46. The molecular weight excluding hydrogens is 652 g/mol. The highest BCUT2D eigenvalue weighted by Gasteiger charge is 2.55. The van der Waals surface area contributed by atoms with Gasteiger partial charge in [-0.25, -0.2) is 0 Å². The van der Waals surface area contributed by atoms with Crippen molar-refractivity contribution >= 4 is 11.9 Å². The van der Waals surface area contributed by atoms with Gasteiger partial charge in [0, 0.05) is 31.9 Å². The van der Waals surface area contributed by atoms with Crippen molar-refractivity contribution in [1.29, 1.82) is 0 Å². The monoisotopic (exact) mass is 716 g/mol. The van der Waals surface area contributed by atoms with E-state index in [2.05, 4.69) is 0 Å². The third kappa shape index (κ3) is 8.50. The molecule has 0 aromatic heterocycles. The number of rotatable bonds is 9. The molecular formula is C36H64N2O12. The van der Waals surface area contributed by atoms with Crippen LogP contribution in [0.25, 0.3) is 0 Å². The van der Waals surface area contributed by atoms with Crippen LogP contribution < -0.4 is 0 Å². The third-order valence-electron chi connectivity index (χ3n) is 11.5. The fraction of sp³-hybridized carbons (Fsp3) is 0.944. The summed E-state index contributed by atoms with van der Waals surface area (Å²) in [6.07, 6.45) is -8.82. The summed E-state index contributed by atoms with van der Waals surface area (Å²) in [5.74, 6) is -2.69. The molecule has 4 heterocycles. The molecule has 2 bridgehead atoms. The van der Waals surface area contributed by atoms with Crippen LogP contribution in [0.4, 0.5) is 0 Å². The number of ether oxygens (including phenoxy) is 7. The summed E-state index contributed by atoms with van der Waals surface area (Å²) in [5.41, 5.74) is -2.08. The summed E-state index contributed by atoms with van der Waals surface area (Å²) in [6, 6.07) is -0.495. The van der Waals surface area contributed by atoms with Gasteiger partial charge in [-0.05, 0) is 68.5 Å². The van der Waals surface area contributed by atoms with Crippen molar-refractivity contribution in [2.24, 2.45) is 22.7 Å². The smallest absolute Gasteiger partial charge is 0.311 e. The van der Waals surface area contributed by atoms with Crippen molar-refractivity contribution in [1.82, 2.24) is 4.90 Å².